The molecule has 1 aliphatic rings. The van der Waals surface area contributed by atoms with Gasteiger partial charge >= 0.3 is 0 Å². The van der Waals surface area contributed by atoms with Crippen LogP contribution in [0.5, 0.6) is 0 Å². The molecule has 0 spiro atoms. The van der Waals surface area contributed by atoms with Crippen LogP contribution in [0.15, 0.2) is 0 Å². The van der Waals surface area contributed by atoms with E-state index in [-0.39, 0.29) is 23.9 Å². The summed E-state index contributed by atoms with van der Waals surface area (Å²) in [5.41, 5.74) is -1.23. The van der Waals surface area contributed by atoms with Crippen molar-refractivity contribution < 1.29 is 9.59 Å². The Morgan fingerprint density at radius 3 is 2.28 bits per heavy atom. The summed E-state index contributed by atoms with van der Waals surface area (Å²) in [6, 6.07) is 2.11. The highest BCUT2D eigenvalue weighted by atomic mass is 16.2. The molecule has 100 valence electrons. The number of amides is 2. The molecule has 2 N–H and O–H groups in total. The molecule has 2 amide bonds. The van der Waals surface area contributed by atoms with Crippen LogP contribution in [0.2, 0.25) is 0 Å². The summed E-state index contributed by atoms with van der Waals surface area (Å²) in [4.78, 5) is 23.5. The lowest BCUT2D eigenvalue weighted by Gasteiger charge is -2.22. The van der Waals surface area contributed by atoms with Crippen LogP contribution in [0.25, 0.3) is 0 Å². The fourth-order valence-electron chi connectivity index (χ4n) is 2.16. The SMILES string of the molecule is CC(C)(C)NC(=O)CNC(=O)C1(C#N)CCCC1. The Labute approximate surface area is 108 Å². The average Bonchev–Trinajstić information content (AvgIpc) is 2.73. The number of carbonyl (C=O) groups is 2. The third kappa shape index (κ3) is 3.73. The van der Waals surface area contributed by atoms with Crippen molar-refractivity contribution in [1.29, 1.82) is 5.26 Å². The Morgan fingerprint density at radius 2 is 1.83 bits per heavy atom. The molecule has 0 aromatic carbocycles. The lowest BCUT2D eigenvalue weighted by molar-refractivity contribution is -0.131. The first-order valence-electron chi connectivity index (χ1n) is 6.30. The van der Waals surface area contributed by atoms with E-state index in [4.69, 9.17) is 5.26 Å². The van der Waals surface area contributed by atoms with Gasteiger partial charge in [-0.2, -0.15) is 5.26 Å². The summed E-state index contributed by atoms with van der Waals surface area (Å²) in [5.74, 6) is -0.548. The lowest BCUT2D eigenvalue weighted by atomic mass is 9.87. The summed E-state index contributed by atoms with van der Waals surface area (Å²) in [6.07, 6.45) is 2.98. The number of nitrogens with zero attached hydrogens (tertiary/aromatic N) is 1. The van der Waals surface area contributed by atoms with Gasteiger partial charge in [-0.25, -0.2) is 0 Å². The lowest BCUT2D eigenvalue weighted by Crippen LogP contribution is -2.48. The number of rotatable bonds is 3. The van der Waals surface area contributed by atoms with Gasteiger partial charge in [0.2, 0.25) is 11.8 Å². The first kappa shape index (κ1) is 14.5. The number of hydrogen-bond acceptors (Lipinski definition) is 3. The Kier molecular flexibility index (Phi) is 4.33. The molecular weight excluding hydrogens is 230 g/mol. The maximum Gasteiger partial charge on any atom is 0.240 e. The van der Waals surface area contributed by atoms with Crippen molar-refractivity contribution in [2.24, 2.45) is 5.41 Å². The van der Waals surface area contributed by atoms with Crippen molar-refractivity contribution in [3.8, 4) is 6.07 Å². The first-order valence-corrected chi connectivity index (χ1v) is 6.30. The minimum Gasteiger partial charge on any atom is -0.350 e. The summed E-state index contributed by atoms with van der Waals surface area (Å²) in [7, 11) is 0. The van der Waals surface area contributed by atoms with Crippen LogP contribution < -0.4 is 10.6 Å². The van der Waals surface area contributed by atoms with Gasteiger partial charge in [0.1, 0.15) is 5.41 Å². The van der Waals surface area contributed by atoms with Crippen LogP contribution in [-0.4, -0.2) is 23.9 Å². The molecule has 1 aliphatic carbocycles. The summed E-state index contributed by atoms with van der Waals surface area (Å²) in [6.45, 7) is 5.56. The molecule has 18 heavy (non-hydrogen) atoms. The summed E-state index contributed by atoms with van der Waals surface area (Å²) >= 11 is 0. The maximum absolute atomic E-state index is 12.0. The zero-order valence-corrected chi connectivity index (χ0v) is 11.3. The van der Waals surface area contributed by atoms with Gasteiger partial charge in [0, 0.05) is 5.54 Å². The van der Waals surface area contributed by atoms with E-state index in [2.05, 4.69) is 16.7 Å². The number of nitriles is 1. The minimum atomic E-state index is -0.915. The van der Waals surface area contributed by atoms with E-state index in [0.29, 0.717) is 12.8 Å². The smallest absolute Gasteiger partial charge is 0.240 e. The van der Waals surface area contributed by atoms with E-state index in [0.717, 1.165) is 12.8 Å². The summed E-state index contributed by atoms with van der Waals surface area (Å²) < 4.78 is 0. The second kappa shape index (κ2) is 5.38. The molecule has 0 saturated heterocycles. The molecule has 1 rings (SSSR count). The second-order valence-corrected chi connectivity index (χ2v) is 5.88. The van der Waals surface area contributed by atoms with Gasteiger partial charge in [-0.05, 0) is 33.6 Å². The standard InChI is InChI=1S/C13H21N3O2/c1-12(2,3)16-10(17)8-15-11(18)13(9-14)6-4-5-7-13/h4-8H2,1-3H3,(H,15,18)(H,16,17). The predicted molar refractivity (Wildman–Crippen MR) is 67.4 cm³/mol. The second-order valence-electron chi connectivity index (χ2n) is 5.88. The molecule has 1 fully saturated rings. The molecule has 0 unspecified atom stereocenters. The molecule has 0 atom stereocenters. The molecule has 5 nitrogen and oxygen atoms in total. The zero-order valence-electron chi connectivity index (χ0n) is 11.3. The predicted octanol–water partition coefficient (Wildman–Crippen LogP) is 1.10. The van der Waals surface area contributed by atoms with Crippen molar-refractivity contribution >= 4 is 11.8 Å². The van der Waals surface area contributed by atoms with Crippen molar-refractivity contribution in [2.45, 2.75) is 52.0 Å². The van der Waals surface area contributed by atoms with Crippen LogP contribution in [-0.2, 0) is 9.59 Å². The molecular formula is C13H21N3O2. The van der Waals surface area contributed by atoms with Crippen LogP contribution in [0.3, 0.4) is 0 Å². The molecule has 0 heterocycles. The molecule has 0 aliphatic heterocycles. The molecule has 0 aromatic rings. The van der Waals surface area contributed by atoms with E-state index in [1.54, 1.807) is 0 Å². The normalized spacial score (nSPS) is 17.9. The zero-order chi connectivity index (χ0) is 13.8. The van der Waals surface area contributed by atoms with E-state index in [1.807, 2.05) is 20.8 Å². The Bertz CT molecular complexity index is 371. The number of carbonyl (C=O) groups excluding carboxylic acids is 2. The van der Waals surface area contributed by atoms with E-state index < -0.39 is 5.41 Å². The Morgan fingerprint density at radius 1 is 1.28 bits per heavy atom. The monoisotopic (exact) mass is 251 g/mol. The van der Waals surface area contributed by atoms with Gasteiger partial charge < -0.3 is 10.6 Å². The number of nitrogens with one attached hydrogen (secondary N) is 2. The van der Waals surface area contributed by atoms with Gasteiger partial charge in [0.25, 0.3) is 0 Å². The van der Waals surface area contributed by atoms with Crippen molar-refractivity contribution in [3.63, 3.8) is 0 Å². The van der Waals surface area contributed by atoms with Crippen molar-refractivity contribution in [1.82, 2.24) is 10.6 Å². The van der Waals surface area contributed by atoms with E-state index in [9.17, 15) is 9.59 Å². The highest BCUT2D eigenvalue weighted by molar-refractivity contribution is 5.89. The van der Waals surface area contributed by atoms with Crippen LogP contribution in [0.1, 0.15) is 46.5 Å². The van der Waals surface area contributed by atoms with Crippen LogP contribution in [0, 0.1) is 16.7 Å². The van der Waals surface area contributed by atoms with E-state index in [1.165, 1.54) is 0 Å². The highest BCUT2D eigenvalue weighted by Gasteiger charge is 2.41. The van der Waals surface area contributed by atoms with Gasteiger partial charge in [-0.15, -0.1) is 0 Å². The number of hydrogen-bond donors (Lipinski definition) is 2. The average molecular weight is 251 g/mol. The Hall–Kier alpha value is -1.57. The fraction of sp³-hybridized carbons (Fsp3) is 0.769. The van der Waals surface area contributed by atoms with Gasteiger partial charge in [0.05, 0.1) is 12.6 Å². The van der Waals surface area contributed by atoms with Gasteiger partial charge in [0.15, 0.2) is 0 Å². The largest absolute Gasteiger partial charge is 0.350 e. The highest BCUT2D eigenvalue weighted by Crippen LogP contribution is 2.37. The third-order valence-electron chi connectivity index (χ3n) is 3.03. The fourth-order valence-corrected chi connectivity index (χ4v) is 2.16. The molecule has 5 heteroatoms. The summed E-state index contributed by atoms with van der Waals surface area (Å²) in [5, 5.41) is 14.5. The van der Waals surface area contributed by atoms with Crippen molar-refractivity contribution in [2.75, 3.05) is 6.54 Å². The van der Waals surface area contributed by atoms with Crippen LogP contribution >= 0.6 is 0 Å². The van der Waals surface area contributed by atoms with Crippen LogP contribution in [0.4, 0.5) is 0 Å². The molecule has 0 aromatic heterocycles. The van der Waals surface area contributed by atoms with E-state index >= 15 is 0 Å². The minimum absolute atomic E-state index is 0.0699. The van der Waals surface area contributed by atoms with Crippen molar-refractivity contribution in [3.05, 3.63) is 0 Å². The Balaban J connectivity index is 2.47. The maximum atomic E-state index is 12.0. The quantitative estimate of drug-likeness (QED) is 0.788. The molecule has 1 saturated carbocycles. The topological polar surface area (TPSA) is 82.0 Å². The van der Waals surface area contributed by atoms with Gasteiger partial charge in [-0.3, -0.25) is 9.59 Å². The molecule has 0 radical (unpaired) electrons. The van der Waals surface area contributed by atoms with Gasteiger partial charge in [-0.1, -0.05) is 12.8 Å². The first-order chi connectivity index (χ1) is 8.29. The third-order valence-corrected chi connectivity index (χ3v) is 3.03. The molecule has 0 bridgehead atoms.